The van der Waals surface area contributed by atoms with Gasteiger partial charge in [0.05, 0.1) is 0 Å². The van der Waals surface area contributed by atoms with Crippen LogP contribution in [0.1, 0.15) is 13.8 Å². The number of hydrogen-bond acceptors (Lipinski definition) is 2. The van der Waals surface area contributed by atoms with Gasteiger partial charge in [0, 0.05) is 45.9 Å². The largest absolute Gasteiger partial charge is 0.413 e. The molecule has 0 bridgehead atoms. The second-order valence-electron chi connectivity index (χ2n) is 1.61. The predicted molar refractivity (Wildman–Crippen MR) is 37.3 cm³/mol. The molecule has 0 saturated carbocycles. The van der Waals surface area contributed by atoms with Crippen molar-refractivity contribution in [2.75, 3.05) is 26.4 Å². The molecule has 0 aromatic rings. The smallest absolute Gasteiger partial charge is 0.0402 e. The van der Waals surface area contributed by atoms with Crippen molar-refractivity contribution in [3.8, 4) is 0 Å². The average molecular weight is 220 g/mol. The van der Waals surface area contributed by atoms with Crippen LogP contribution in [0.3, 0.4) is 0 Å². The first kappa shape index (κ1) is 13.6. The Morgan fingerprint density at radius 2 is 1.40 bits per heavy atom. The van der Waals surface area contributed by atoms with Crippen LogP contribution in [0.2, 0.25) is 0 Å². The zero-order valence-corrected chi connectivity index (χ0v) is 9.64. The molecule has 0 N–H and O–H groups in total. The zero-order valence-electron chi connectivity index (χ0n) is 6.80. The molecule has 0 aromatic carbocycles. The quantitative estimate of drug-likeness (QED) is 0.495. The van der Waals surface area contributed by atoms with Gasteiger partial charge in [-0.3, -0.25) is 6.42 Å². The summed E-state index contributed by atoms with van der Waals surface area (Å²) < 4.78 is 10.1. The van der Waals surface area contributed by atoms with Gasteiger partial charge in [-0.15, -0.1) is 0 Å². The molecule has 0 spiro atoms. The second-order valence-corrected chi connectivity index (χ2v) is 1.61. The number of rotatable bonds is 6. The summed E-state index contributed by atoms with van der Waals surface area (Å²) in [7, 11) is 0. The normalized spacial score (nSPS) is 9.00. The summed E-state index contributed by atoms with van der Waals surface area (Å²) >= 11 is 0. The van der Waals surface area contributed by atoms with Crippen molar-refractivity contribution in [3.63, 3.8) is 0 Å². The maximum absolute atomic E-state index is 5.04. The maximum atomic E-state index is 5.04. The van der Waals surface area contributed by atoms with Gasteiger partial charge in [-0.25, -0.2) is 0 Å². The van der Waals surface area contributed by atoms with E-state index in [4.69, 9.17) is 9.47 Å². The molecule has 0 fully saturated rings. The van der Waals surface area contributed by atoms with Crippen molar-refractivity contribution in [1.82, 2.24) is 0 Å². The van der Waals surface area contributed by atoms with E-state index in [0.717, 1.165) is 13.2 Å². The molecule has 0 aliphatic carbocycles. The molecule has 10 heavy (non-hydrogen) atoms. The number of hydrogen-bond donors (Lipinski definition) is 0. The van der Waals surface area contributed by atoms with Crippen LogP contribution in [-0.2, 0) is 42.2 Å². The van der Waals surface area contributed by atoms with Crippen LogP contribution in [0.15, 0.2) is 0 Å². The summed E-state index contributed by atoms with van der Waals surface area (Å²) in [6, 6.07) is 0. The van der Waals surface area contributed by atoms with Crippen LogP contribution in [-0.4, -0.2) is 26.4 Å². The van der Waals surface area contributed by atoms with Crippen molar-refractivity contribution in [2.24, 2.45) is 0 Å². The monoisotopic (exact) mass is 220 g/mol. The van der Waals surface area contributed by atoms with Crippen LogP contribution < -0.4 is 0 Å². The average Bonchev–Trinajstić information content (AvgIpc) is 1.89. The second kappa shape index (κ2) is 12.7. The van der Waals surface area contributed by atoms with Gasteiger partial charge in [-0.1, -0.05) is 13.2 Å². The van der Waals surface area contributed by atoms with Crippen LogP contribution in [0.25, 0.3) is 0 Å². The maximum Gasteiger partial charge on any atom is 0.0402 e. The van der Waals surface area contributed by atoms with Crippen LogP contribution in [0, 0.1) is 6.42 Å². The SMILES string of the molecule is CCOC[CH-]COCC.[Y]. The van der Waals surface area contributed by atoms with E-state index < -0.39 is 0 Å². The standard InChI is InChI=1S/C7H15O2.Y/c1-3-8-6-5-7-9-4-2;/h5H,3-4,6-7H2,1-2H3;/q-1;. The van der Waals surface area contributed by atoms with E-state index in [1.54, 1.807) is 0 Å². The summed E-state index contributed by atoms with van der Waals surface area (Å²) in [5.74, 6) is 0. The summed E-state index contributed by atoms with van der Waals surface area (Å²) in [5.41, 5.74) is 0. The molecule has 3 heteroatoms. The van der Waals surface area contributed by atoms with Gasteiger partial charge < -0.3 is 9.47 Å². The van der Waals surface area contributed by atoms with Gasteiger partial charge in [-0.05, 0) is 13.8 Å². The fraction of sp³-hybridized carbons (Fsp3) is 0.857. The van der Waals surface area contributed by atoms with Crippen LogP contribution in [0.5, 0.6) is 0 Å². The summed E-state index contributed by atoms with van der Waals surface area (Å²) in [5, 5.41) is 0. The van der Waals surface area contributed by atoms with Gasteiger partial charge in [0.25, 0.3) is 0 Å². The Labute approximate surface area is 88.5 Å². The fourth-order valence-electron chi connectivity index (χ4n) is 0.450. The third-order valence-corrected chi connectivity index (χ3v) is 0.880. The molecule has 0 heterocycles. The third-order valence-electron chi connectivity index (χ3n) is 0.880. The molecular formula is C7H15O2Y-. The molecule has 2 nitrogen and oxygen atoms in total. The van der Waals surface area contributed by atoms with E-state index in [1.165, 1.54) is 0 Å². The Bertz CT molecular complexity index is 44.9. The van der Waals surface area contributed by atoms with Gasteiger partial charge in [0.15, 0.2) is 0 Å². The fourth-order valence-corrected chi connectivity index (χ4v) is 0.450. The van der Waals surface area contributed by atoms with Crippen molar-refractivity contribution in [3.05, 3.63) is 6.42 Å². The van der Waals surface area contributed by atoms with Gasteiger partial charge >= 0.3 is 0 Å². The van der Waals surface area contributed by atoms with Crippen molar-refractivity contribution in [1.29, 1.82) is 0 Å². The minimum absolute atomic E-state index is 0. The molecule has 0 aliphatic heterocycles. The number of ether oxygens (including phenoxy) is 2. The topological polar surface area (TPSA) is 18.5 Å². The van der Waals surface area contributed by atoms with E-state index >= 15 is 0 Å². The summed E-state index contributed by atoms with van der Waals surface area (Å²) in [6.45, 7) is 6.93. The van der Waals surface area contributed by atoms with E-state index in [0.29, 0.717) is 13.2 Å². The van der Waals surface area contributed by atoms with Crippen LogP contribution >= 0.6 is 0 Å². The molecule has 0 amide bonds. The minimum atomic E-state index is 0. The van der Waals surface area contributed by atoms with Gasteiger partial charge in [0.1, 0.15) is 0 Å². The Balaban J connectivity index is 0. The molecule has 0 rings (SSSR count). The molecule has 0 aromatic heterocycles. The van der Waals surface area contributed by atoms with E-state index in [1.807, 2.05) is 20.3 Å². The molecule has 0 atom stereocenters. The predicted octanol–water partition coefficient (Wildman–Crippen LogP) is 1.26. The Morgan fingerprint density at radius 3 is 1.70 bits per heavy atom. The molecule has 59 valence electrons. The van der Waals surface area contributed by atoms with E-state index in [-0.39, 0.29) is 32.7 Å². The van der Waals surface area contributed by atoms with Crippen molar-refractivity contribution >= 4 is 0 Å². The minimum Gasteiger partial charge on any atom is -0.413 e. The molecule has 0 saturated heterocycles. The Hall–Kier alpha value is 1.02. The van der Waals surface area contributed by atoms with E-state index in [9.17, 15) is 0 Å². The summed E-state index contributed by atoms with van der Waals surface area (Å²) in [4.78, 5) is 0. The zero-order chi connectivity index (χ0) is 6.95. The molecular weight excluding hydrogens is 205 g/mol. The molecule has 1 radical (unpaired) electrons. The molecule has 0 unspecified atom stereocenters. The first-order valence-corrected chi connectivity index (χ1v) is 3.39. The van der Waals surface area contributed by atoms with Crippen molar-refractivity contribution in [2.45, 2.75) is 13.8 Å². The third kappa shape index (κ3) is 11.8. The molecule has 0 aliphatic rings. The van der Waals surface area contributed by atoms with E-state index in [2.05, 4.69) is 0 Å². The van der Waals surface area contributed by atoms with Crippen LogP contribution in [0.4, 0.5) is 0 Å². The first-order chi connectivity index (χ1) is 4.41. The Morgan fingerprint density at radius 1 is 1.00 bits per heavy atom. The summed E-state index contributed by atoms with van der Waals surface area (Å²) in [6.07, 6.45) is 1.98. The Kier molecular flexibility index (Phi) is 17.2. The first-order valence-electron chi connectivity index (χ1n) is 3.39. The van der Waals surface area contributed by atoms with Gasteiger partial charge in [0.2, 0.25) is 0 Å². The van der Waals surface area contributed by atoms with Gasteiger partial charge in [-0.2, -0.15) is 0 Å². The van der Waals surface area contributed by atoms with Crippen molar-refractivity contribution < 1.29 is 42.2 Å².